The second kappa shape index (κ2) is 4.84. The van der Waals surface area contributed by atoms with E-state index in [1.54, 1.807) is 20.3 Å². The third-order valence-corrected chi connectivity index (χ3v) is 2.90. The number of benzene rings is 1. The van der Waals surface area contributed by atoms with Crippen LogP contribution < -0.4 is 10.5 Å². The van der Waals surface area contributed by atoms with Crippen LogP contribution in [0.15, 0.2) is 18.2 Å². The lowest BCUT2D eigenvalue weighted by molar-refractivity contribution is 0.0101. The van der Waals surface area contributed by atoms with E-state index in [1.165, 1.54) is 0 Å². The molecule has 0 aromatic heterocycles. The zero-order valence-corrected chi connectivity index (χ0v) is 9.97. The van der Waals surface area contributed by atoms with E-state index < -0.39 is 5.60 Å². The molecule has 0 aliphatic rings. The van der Waals surface area contributed by atoms with Crippen molar-refractivity contribution in [3.8, 4) is 5.75 Å². The van der Waals surface area contributed by atoms with Crippen LogP contribution in [0.5, 0.6) is 5.75 Å². The molecule has 15 heavy (non-hydrogen) atoms. The molecule has 1 atom stereocenters. The minimum absolute atomic E-state index is 0.371. The van der Waals surface area contributed by atoms with E-state index in [-0.39, 0.29) is 0 Å². The van der Waals surface area contributed by atoms with Crippen molar-refractivity contribution in [3.63, 3.8) is 0 Å². The second-order valence-corrected chi connectivity index (χ2v) is 3.89. The molecular formula is C11H16ClNO2. The molecule has 1 aromatic carbocycles. The fourth-order valence-corrected chi connectivity index (χ4v) is 1.73. The molecular weight excluding hydrogens is 214 g/mol. The molecule has 2 N–H and O–H groups in total. The van der Waals surface area contributed by atoms with Crippen LogP contribution in [-0.4, -0.2) is 20.8 Å². The summed E-state index contributed by atoms with van der Waals surface area (Å²) in [4.78, 5) is 0. The van der Waals surface area contributed by atoms with Crippen LogP contribution in [0.3, 0.4) is 0 Å². The first-order valence-corrected chi connectivity index (χ1v) is 5.04. The van der Waals surface area contributed by atoms with Crippen LogP contribution in [0.25, 0.3) is 0 Å². The Morgan fingerprint density at radius 3 is 2.47 bits per heavy atom. The lowest BCUT2D eigenvalue weighted by atomic mass is 9.96. The van der Waals surface area contributed by atoms with Crippen LogP contribution in [0.1, 0.15) is 12.5 Å². The van der Waals surface area contributed by atoms with Crippen LogP contribution >= 0.6 is 11.6 Å². The largest absolute Gasteiger partial charge is 0.497 e. The molecule has 0 saturated heterocycles. The lowest BCUT2D eigenvalue weighted by Gasteiger charge is -2.28. The topological polar surface area (TPSA) is 44.5 Å². The van der Waals surface area contributed by atoms with Gasteiger partial charge in [-0.3, -0.25) is 0 Å². The summed E-state index contributed by atoms with van der Waals surface area (Å²) in [6, 6.07) is 5.47. The van der Waals surface area contributed by atoms with Gasteiger partial charge < -0.3 is 15.2 Å². The van der Waals surface area contributed by atoms with E-state index >= 15 is 0 Å². The second-order valence-electron chi connectivity index (χ2n) is 3.48. The predicted molar refractivity (Wildman–Crippen MR) is 61.4 cm³/mol. The molecule has 3 nitrogen and oxygen atoms in total. The number of methoxy groups -OCH3 is 2. The predicted octanol–water partition coefficient (Wildman–Crippen LogP) is 2.17. The fraction of sp³-hybridized carbons (Fsp3) is 0.455. The molecule has 0 aliphatic heterocycles. The maximum atomic E-state index is 6.13. The van der Waals surface area contributed by atoms with E-state index in [1.807, 2.05) is 19.1 Å². The first-order valence-electron chi connectivity index (χ1n) is 4.66. The zero-order valence-electron chi connectivity index (χ0n) is 9.21. The summed E-state index contributed by atoms with van der Waals surface area (Å²) < 4.78 is 10.5. The maximum absolute atomic E-state index is 6.13. The van der Waals surface area contributed by atoms with Crippen molar-refractivity contribution >= 4 is 11.6 Å². The van der Waals surface area contributed by atoms with Gasteiger partial charge in [0.15, 0.2) is 0 Å². The van der Waals surface area contributed by atoms with Crippen molar-refractivity contribution < 1.29 is 9.47 Å². The summed E-state index contributed by atoms with van der Waals surface area (Å²) in [7, 11) is 3.22. The highest BCUT2D eigenvalue weighted by Gasteiger charge is 2.26. The highest BCUT2D eigenvalue weighted by Crippen LogP contribution is 2.32. The minimum atomic E-state index is -0.552. The molecule has 1 unspecified atom stereocenters. The van der Waals surface area contributed by atoms with E-state index in [0.29, 0.717) is 11.6 Å². The first-order chi connectivity index (χ1) is 7.07. The Kier molecular flexibility index (Phi) is 3.97. The van der Waals surface area contributed by atoms with Crippen LogP contribution in [0, 0.1) is 0 Å². The summed E-state index contributed by atoms with van der Waals surface area (Å²) >= 11 is 6.13. The molecule has 4 heteroatoms. The molecule has 84 valence electrons. The van der Waals surface area contributed by atoms with Crippen molar-refractivity contribution in [1.82, 2.24) is 0 Å². The van der Waals surface area contributed by atoms with Gasteiger partial charge in [-0.05, 0) is 19.1 Å². The summed E-state index contributed by atoms with van der Waals surface area (Å²) in [6.07, 6.45) is 0. The number of rotatable bonds is 4. The van der Waals surface area contributed by atoms with E-state index in [4.69, 9.17) is 26.8 Å². The van der Waals surface area contributed by atoms with Crippen molar-refractivity contribution in [2.45, 2.75) is 12.5 Å². The smallest absolute Gasteiger partial charge is 0.120 e. The molecule has 0 saturated carbocycles. The Hall–Kier alpha value is -0.770. The van der Waals surface area contributed by atoms with E-state index in [9.17, 15) is 0 Å². The molecule has 0 bridgehead atoms. The summed E-state index contributed by atoms with van der Waals surface area (Å²) in [5.74, 6) is 0.722. The molecule has 0 fully saturated rings. The average Bonchev–Trinajstić information content (AvgIpc) is 2.27. The van der Waals surface area contributed by atoms with E-state index in [0.717, 1.165) is 11.3 Å². The molecule has 0 amide bonds. The maximum Gasteiger partial charge on any atom is 0.120 e. The number of hydrogen-bond acceptors (Lipinski definition) is 3. The van der Waals surface area contributed by atoms with Crippen LogP contribution in [0.4, 0.5) is 0 Å². The highest BCUT2D eigenvalue weighted by atomic mass is 35.5. The molecule has 0 heterocycles. The lowest BCUT2D eigenvalue weighted by Crippen LogP contribution is -2.34. The van der Waals surface area contributed by atoms with Crippen molar-refractivity contribution in [1.29, 1.82) is 0 Å². The molecule has 1 aromatic rings. The van der Waals surface area contributed by atoms with Gasteiger partial charge in [-0.1, -0.05) is 17.7 Å². The van der Waals surface area contributed by atoms with Crippen LogP contribution in [0.2, 0.25) is 5.02 Å². The van der Waals surface area contributed by atoms with Gasteiger partial charge in [-0.2, -0.15) is 0 Å². The number of hydrogen-bond donors (Lipinski definition) is 1. The van der Waals surface area contributed by atoms with Crippen molar-refractivity contribution in [2.24, 2.45) is 5.73 Å². The normalized spacial score (nSPS) is 14.7. The van der Waals surface area contributed by atoms with E-state index in [2.05, 4.69) is 0 Å². The Morgan fingerprint density at radius 2 is 2.07 bits per heavy atom. The Labute approximate surface area is 95.1 Å². The zero-order chi connectivity index (χ0) is 11.5. The molecule has 0 aliphatic carbocycles. The third-order valence-electron chi connectivity index (χ3n) is 2.59. The molecule has 0 radical (unpaired) electrons. The van der Waals surface area contributed by atoms with Crippen molar-refractivity contribution in [2.75, 3.05) is 20.8 Å². The molecule has 1 rings (SSSR count). The molecule has 0 spiro atoms. The number of ether oxygens (including phenoxy) is 2. The highest BCUT2D eigenvalue weighted by molar-refractivity contribution is 6.31. The van der Waals surface area contributed by atoms with Gasteiger partial charge >= 0.3 is 0 Å². The monoisotopic (exact) mass is 229 g/mol. The summed E-state index contributed by atoms with van der Waals surface area (Å²) in [6.45, 7) is 2.27. The van der Waals surface area contributed by atoms with Gasteiger partial charge in [0.25, 0.3) is 0 Å². The van der Waals surface area contributed by atoms with Crippen molar-refractivity contribution in [3.05, 3.63) is 28.8 Å². The Bertz CT molecular complexity index is 337. The first kappa shape index (κ1) is 12.3. The third kappa shape index (κ3) is 2.43. The van der Waals surface area contributed by atoms with Gasteiger partial charge in [0.1, 0.15) is 11.4 Å². The summed E-state index contributed by atoms with van der Waals surface area (Å²) in [5, 5.41) is 0.601. The number of nitrogens with two attached hydrogens (primary N) is 1. The standard InChI is InChI=1S/C11H16ClNO2/c1-11(7-13,15-3)9-5-4-8(14-2)6-10(9)12/h4-6H,7,13H2,1-3H3. The van der Waals surface area contributed by atoms with Gasteiger partial charge in [-0.15, -0.1) is 0 Å². The Balaban J connectivity index is 3.14. The number of halogens is 1. The van der Waals surface area contributed by atoms with Gasteiger partial charge in [0, 0.05) is 19.2 Å². The van der Waals surface area contributed by atoms with Crippen LogP contribution in [-0.2, 0) is 10.3 Å². The summed E-state index contributed by atoms with van der Waals surface area (Å²) in [5.41, 5.74) is 5.99. The van der Waals surface area contributed by atoms with Gasteiger partial charge in [0.2, 0.25) is 0 Å². The van der Waals surface area contributed by atoms with Gasteiger partial charge in [-0.25, -0.2) is 0 Å². The SMILES string of the molecule is COc1ccc(C(C)(CN)OC)c(Cl)c1. The Morgan fingerprint density at radius 1 is 1.40 bits per heavy atom. The fourth-order valence-electron chi connectivity index (χ4n) is 1.35. The van der Waals surface area contributed by atoms with Gasteiger partial charge in [0.05, 0.1) is 12.1 Å². The minimum Gasteiger partial charge on any atom is -0.497 e. The average molecular weight is 230 g/mol. The quantitative estimate of drug-likeness (QED) is 0.861.